The van der Waals surface area contributed by atoms with Crippen LogP contribution in [0.15, 0.2) is 18.2 Å². The number of ether oxygens (including phenoxy) is 1. The van der Waals surface area contributed by atoms with Gasteiger partial charge >= 0.3 is 0 Å². The Bertz CT molecular complexity index is 669. The molecule has 0 atom stereocenters. The third-order valence-corrected chi connectivity index (χ3v) is 4.99. The third-order valence-electron chi connectivity index (χ3n) is 4.99. The van der Waals surface area contributed by atoms with E-state index in [0.29, 0.717) is 44.9 Å². The van der Waals surface area contributed by atoms with Crippen LogP contribution in [-0.4, -0.2) is 54.9 Å². The van der Waals surface area contributed by atoms with E-state index < -0.39 is 0 Å². The van der Waals surface area contributed by atoms with Crippen molar-refractivity contribution in [3.63, 3.8) is 0 Å². The zero-order valence-corrected chi connectivity index (χ0v) is 17.7. The molecule has 0 aliphatic carbocycles. The van der Waals surface area contributed by atoms with E-state index in [4.69, 9.17) is 4.74 Å². The lowest BCUT2D eigenvalue weighted by Gasteiger charge is -2.36. The van der Waals surface area contributed by atoms with Crippen LogP contribution in [0.3, 0.4) is 0 Å². The Labute approximate surface area is 163 Å². The van der Waals surface area contributed by atoms with Crippen molar-refractivity contribution in [2.24, 2.45) is 5.41 Å². The van der Waals surface area contributed by atoms with Crippen LogP contribution >= 0.6 is 0 Å². The molecule has 0 saturated carbocycles. The first-order valence-electron chi connectivity index (χ1n) is 9.83. The second kappa shape index (κ2) is 8.77. The lowest BCUT2D eigenvalue weighted by molar-refractivity contribution is -0.140. The van der Waals surface area contributed by atoms with E-state index in [9.17, 15) is 9.59 Å². The van der Waals surface area contributed by atoms with Gasteiger partial charge in [0.2, 0.25) is 11.8 Å². The van der Waals surface area contributed by atoms with Crippen molar-refractivity contribution in [1.29, 1.82) is 0 Å². The summed E-state index contributed by atoms with van der Waals surface area (Å²) in [5.41, 5.74) is 2.11. The number of carbonyl (C=O) groups is 2. The van der Waals surface area contributed by atoms with Crippen molar-refractivity contribution >= 4 is 11.8 Å². The maximum Gasteiger partial charge on any atom is 0.227 e. The summed E-state index contributed by atoms with van der Waals surface area (Å²) in [6, 6.07) is 6.09. The van der Waals surface area contributed by atoms with E-state index in [1.807, 2.05) is 21.9 Å². The summed E-state index contributed by atoms with van der Waals surface area (Å²) in [5, 5.41) is 0. The highest BCUT2D eigenvalue weighted by molar-refractivity contribution is 5.81. The number of piperazine rings is 1. The van der Waals surface area contributed by atoms with Crippen LogP contribution in [0.25, 0.3) is 0 Å². The second-order valence-electron chi connectivity index (χ2n) is 8.90. The van der Waals surface area contributed by atoms with Crippen LogP contribution < -0.4 is 4.74 Å². The van der Waals surface area contributed by atoms with Crippen LogP contribution in [-0.2, 0) is 16.0 Å². The van der Waals surface area contributed by atoms with Gasteiger partial charge in [-0.25, -0.2) is 0 Å². The molecule has 1 aliphatic heterocycles. The summed E-state index contributed by atoms with van der Waals surface area (Å²) in [5.74, 6) is 1.46. The van der Waals surface area contributed by atoms with E-state index in [1.165, 1.54) is 5.56 Å². The Morgan fingerprint density at radius 2 is 1.59 bits per heavy atom. The molecule has 27 heavy (non-hydrogen) atoms. The Hall–Kier alpha value is -2.04. The zero-order valence-electron chi connectivity index (χ0n) is 17.7. The Morgan fingerprint density at radius 3 is 2.07 bits per heavy atom. The highest BCUT2D eigenvalue weighted by Gasteiger charge is 2.27. The first-order chi connectivity index (χ1) is 12.6. The third kappa shape index (κ3) is 5.98. The largest absolute Gasteiger partial charge is 0.496 e. The van der Waals surface area contributed by atoms with Crippen LogP contribution in [0.5, 0.6) is 5.75 Å². The smallest absolute Gasteiger partial charge is 0.227 e. The fourth-order valence-electron chi connectivity index (χ4n) is 3.31. The second-order valence-corrected chi connectivity index (χ2v) is 8.90. The summed E-state index contributed by atoms with van der Waals surface area (Å²) in [6.45, 7) is 12.9. The molecular formula is C22H34N2O3. The number of benzene rings is 1. The molecule has 1 aromatic carbocycles. The molecule has 0 aromatic heterocycles. The minimum atomic E-state index is -0.0112. The Morgan fingerprint density at radius 1 is 1.04 bits per heavy atom. The van der Waals surface area contributed by atoms with Gasteiger partial charge in [-0.05, 0) is 23.0 Å². The topological polar surface area (TPSA) is 49.9 Å². The van der Waals surface area contributed by atoms with Crippen LogP contribution in [0.2, 0.25) is 0 Å². The predicted molar refractivity (Wildman–Crippen MR) is 108 cm³/mol. The van der Waals surface area contributed by atoms with Gasteiger partial charge in [0.1, 0.15) is 5.75 Å². The highest BCUT2D eigenvalue weighted by Crippen LogP contribution is 2.26. The fourth-order valence-corrected chi connectivity index (χ4v) is 3.31. The van der Waals surface area contributed by atoms with Crippen LogP contribution in [0.1, 0.15) is 58.1 Å². The number of nitrogens with zero attached hydrogens (tertiary/aromatic N) is 2. The van der Waals surface area contributed by atoms with Crippen LogP contribution in [0.4, 0.5) is 0 Å². The van der Waals surface area contributed by atoms with E-state index in [-0.39, 0.29) is 17.2 Å². The number of hydrogen-bond donors (Lipinski definition) is 0. The van der Waals surface area contributed by atoms with Gasteiger partial charge in [-0.3, -0.25) is 9.59 Å². The van der Waals surface area contributed by atoms with E-state index in [2.05, 4.69) is 40.7 Å². The molecule has 2 rings (SSSR count). The molecule has 5 nitrogen and oxygen atoms in total. The van der Waals surface area contributed by atoms with Crippen molar-refractivity contribution in [2.75, 3.05) is 33.3 Å². The first-order valence-corrected chi connectivity index (χ1v) is 9.83. The Balaban J connectivity index is 1.94. The number of rotatable bonds is 5. The molecule has 1 saturated heterocycles. The maximum absolute atomic E-state index is 12.7. The van der Waals surface area contributed by atoms with Crippen LogP contribution in [0, 0.1) is 5.41 Å². The molecule has 1 heterocycles. The summed E-state index contributed by atoms with van der Waals surface area (Å²) < 4.78 is 5.50. The van der Waals surface area contributed by atoms with E-state index in [0.717, 1.165) is 11.3 Å². The summed E-state index contributed by atoms with van der Waals surface area (Å²) in [6.07, 6.45) is 0.873. The molecule has 1 aromatic rings. The molecule has 0 radical (unpaired) electrons. The Kier molecular flexibility index (Phi) is 6.90. The minimum Gasteiger partial charge on any atom is -0.496 e. The first kappa shape index (κ1) is 21.3. The summed E-state index contributed by atoms with van der Waals surface area (Å²) in [4.78, 5) is 28.8. The molecule has 5 heteroatoms. The van der Waals surface area contributed by atoms with Gasteiger partial charge in [0.25, 0.3) is 0 Å². The fraction of sp³-hybridized carbons (Fsp3) is 0.636. The van der Waals surface area contributed by atoms with Crippen molar-refractivity contribution in [2.45, 2.75) is 53.4 Å². The average molecular weight is 375 g/mol. The summed E-state index contributed by atoms with van der Waals surface area (Å²) in [7, 11) is 1.65. The van der Waals surface area contributed by atoms with Gasteiger partial charge in [0.15, 0.2) is 0 Å². The number of carbonyl (C=O) groups excluding carboxylic acids is 2. The van der Waals surface area contributed by atoms with Gasteiger partial charge in [-0.15, -0.1) is 0 Å². The molecule has 0 N–H and O–H groups in total. The standard InChI is InChI=1S/C22H34N2O3/c1-16(2)17-7-8-18(19(13-17)27-6)14-20(25)23-9-11-24(12-10-23)21(26)15-22(3,4)5/h7-8,13,16H,9-12,14-15H2,1-6H3. The molecule has 2 amide bonds. The van der Waals surface area contributed by atoms with Gasteiger partial charge < -0.3 is 14.5 Å². The minimum absolute atomic E-state index is 0.0112. The number of methoxy groups -OCH3 is 1. The maximum atomic E-state index is 12.7. The van der Waals surface area contributed by atoms with Gasteiger partial charge in [-0.2, -0.15) is 0 Å². The lowest BCUT2D eigenvalue weighted by atomic mass is 9.91. The predicted octanol–water partition coefficient (Wildman–Crippen LogP) is 3.47. The number of hydrogen-bond acceptors (Lipinski definition) is 3. The lowest BCUT2D eigenvalue weighted by Crippen LogP contribution is -2.51. The molecular weight excluding hydrogens is 340 g/mol. The van der Waals surface area contributed by atoms with Crippen molar-refractivity contribution in [3.05, 3.63) is 29.3 Å². The average Bonchev–Trinajstić information content (AvgIpc) is 2.60. The van der Waals surface area contributed by atoms with Crippen molar-refractivity contribution in [3.8, 4) is 5.75 Å². The summed E-state index contributed by atoms with van der Waals surface area (Å²) >= 11 is 0. The normalized spacial score (nSPS) is 15.2. The molecule has 0 unspecified atom stereocenters. The molecule has 0 bridgehead atoms. The van der Waals surface area contributed by atoms with E-state index in [1.54, 1.807) is 7.11 Å². The van der Waals surface area contributed by atoms with Gasteiger partial charge in [-0.1, -0.05) is 46.8 Å². The molecule has 0 spiro atoms. The zero-order chi connectivity index (χ0) is 20.2. The highest BCUT2D eigenvalue weighted by atomic mass is 16.5. The molecule has 1 fully saturated rings. The quantitative estimate of drug-likeness (QED) is 0.793. The van der Waals surface area contributed by atoms with Crippen molar-refractivity contribution in [1.82, 2.24) is 9.80 Å². The van der Waals surface area contributed by atoms with E-state index >= 15 is 0 Å². The number of amides is 2. The molecule has 1 aliphatic rings. The SMILES string of the molecule is COc1cc(C(C)C)ccc1CC(=O)N1CCN(C(=O)CC(C)(C)C)CC1. The van der Waals surface area contributed by atoms with Gasteiger partial charge in [0.05, 0.1) is 13.5 Å². The van der Waals surface area contributed by atoms with Crippen molar-refractivity contribution < 1.29 is 14.3 Å². The van der Waals surface area contributed by atoms with Gasteiger partial charge in [0, 0.05) is 38.2 Å². The molecule has 150 valence electrons. The monoisotopic (exact) mass is 374 g/mol.